The van der Waals surface area contributed by atoms with Crippen LogP contribution in [0.25, 0.3) is 0 Å². The summed E-state index contributed by atoms with van der Waals surface area (Å²) in [6, 6.07) is 0.627. The number of nitrogens with one attached hydrogen (secondary N) is 1. The van der Waals surface area contributed by atoms with Crippen LogP contribution in [0, 0.1) is 0 Å². The second kappa shape index (κ2) is 10.4. The van der Waals surface area contributed by atoms with Gasteiger partial charge in [-0.2, -0.15) is 0 Å². The normalized spacial score (nSPS) is 13.4. The highest BCUT2D eigenvalue weighted by atomic mass is 16.5. The Hall–Kier alpha value is -0.120. The molecule has 1 atom stereocenters. The van der Waals surface area contributed by atoms with E-state index in [9.17, 15) is 0 Å². The van der Waals surface area contributed by atoms with Crippen molar-refractivity contribution in [2.45, 2.75) is 39.2 Å². The lowest BCUT2D eigenvalue weighted by Gasteiger charge is -2.14. The Morgan fingerprint density at radius 3 is 2.60 bits per heavy atom. The maximum atomic E-state index is 5.50. The van der Waals surface area contributed by atoms with Crippen molar-refractivity contribution in [1.29, 1.82) is 0 Å². The second-order valence-electron chi connectivity index (χ2n) is 4.41. The highest BCUT2D eigenvalue weighted by Gasteiger charge is 1.99. The number of nitrogens with zero attached hydrogens (tertiary/aromatic N) is 1. The molecule has 0 aliphatic carbocycles. The summed E-state index contributed by atoms with van der Waals surface area (Å²) in [7, 11) is 4.13. The van der Waals surface area contributed by atoms with Gasteiger partial charge in [0.15, 0.2) is 0 Å². The average Bonchev–Trinajstić information content (AvgIpc) is 2.19. The molecule has 0 fully saturated rings. The zero-order valence-electron chi connectivity index (χ0n) is 10.9. The van der Waals surface area contributed by atoms with E-state index in [1.807, 2.05) is 0 Å². The minimum atomic E-state index is 0.627. The second-order valence-corrected chi connectivity index (χ2v) is 4.41. The van der Waals surface area contributed by atoms with Gasteiger partial charge in [-0.15, -0.1) is 0 Å². The van der Waals surface area contributed by atoms with Crippen molar-refractivity contribution >= 4 is 0 Å². The Bertz CT molecular complexity index is 129. The summed E-state index contributed by atoms with van der Waals surface area (Å²) in [5.41, 5.74) is 0. The molecule has 15 heavy (non-hydrogen) atoms. The third-order valence-corrected chi connectivity index (χ3v) is 2.41. The van der Waals surface area contributed by atoms with Gasteiger partial charge in [0.05, 0.1) is 13.2 Å². The minimum Gasteiger partial charge on any atom is -0.379 e. The zero-order valence-corrected chi connectivity index (χ0v) is 10.9. The molecule has 0 amide bonds. The van der Waals surface area contributed by atoms with Gasteiger partial charge in [-0.05, 0) is 27.4 Å². The van der Waals surface area contributed by atoms with Crippen LogP contribution in [-0.4, -0.2) is 51.3 Å². The molecular formula is C12H28N2O. The molecule has 0 aromatic heterocycles. The van der Waals surface area contributed by atoms with E-state index in [4.69, 9.17) is 4.74 Å². The first-order chi connectivity index (χ1) is 7.16. The maximum Gasteiger partial charge on any atom is 0.0593 e. The van der Waals surface area contributed by atoms with Gasteiger partial charge in [-0.3, -0.25) is 0 Å². The average molecular weight is 216 g/mol. The third-order valence-electron chi connectivity index (χ3n) is 2.41. The summed E-state index contributed by atoms with van der Waals surface area (Å²) in [5, 5.41) is 3.47. The van der Waals surface area contributed by atoms with E-state index in [0.29, 0.717) is 6.04 Å². The molecule has 0 radical (unpaired) electrons. The van der Waals surface area contributed by atoms with Crippen molar-refractivity contribution in [2.75, 3.05) is 40.4 Å². The van der Waals surface area contributed by atoms with E-state index in [1.165, 1.54) is 19.3 Å². The predicted molar refractivity (Wildman–Crippen MR) is 66.4 cm³/mol. The van der Waals surface area contributed by atoms with Crippen LogP contribution in [0.5, 0.6) is 0 Å². The van der Waals surface area contributed by atoms with Crippen molar-refractivity contribution in [3.63, 3.8) is 0 Å². The van der Waals surface area contributed by atoms with Gasteiger partial charge in [0.2, 0.25) is 0 Å². The molecular weight excluding hydrogens is 188 g/mol. The Kier molecular flexibility index (Phi) is 10.3. The van der Waals surface area contributed by atoms with E-state index < -0.39 is 0 Å². The van der Waals surface area contributed by atoms with Crippen molar-refractivity contribution < 1.29 is 4.74 Å². The lowest BCUT2D eigenvalue weighted by molar-refractivity contribution is 0.117. The Morgan fingerprint density at radius 1 is 1.27 bits per heavy atom. The van der Waals surface area contributed by atoms with Gasteiger partial charge in [0.1, 0.15) is 0 Å². The summed E-state index contributed by atoms with van der Waals surface area (Å²) < 4.78 is 5.50. The van der Waals surface area contributed by atoms with E-state index in [-0.39, 0.29) is 0 Å². The Balaban J connectivity index is 3.09. The molecule has 92 valence electrons. The predicted octanol–water partition coefficient (Wildman–Crippen LogP) is 1.73. The molecule has 0 rings (SSSR count). The highest BCUT2D eigenvalue weighted by molar-refractivity contribution is 4.59. The maximum absolute atomic E-state index is 5.50. The monoisotopic (exact) mass is 216 g/mol. The molecule has 3 nitrogen and oxygen atoms in total. The van der Waals surface area contributed by atoms with Crippen LogP contribution in [0.15, 0.2) is 0 Å². The SMILES string of the molecule is CCCCC(C)NCCOCCN(C)C. The van der Waals surface area contributed by atoms with Gasteiger partial charge in [-0.1, -0.05) is 19.8 Å². The van der Waals surface area contributed by atoms with Crippen molar-refractivity contribution in [3.05, 3.63) is 0 Å². The van der Waals surface area contributed by atoms with Crippen LogP contribution in [0.4, 0.5) is 0 Å². The Morgan fingerprint density at radius 2 is 2.00 bits per heavy atom. The van der Waals surface area contributed by atoms with Gasteiger partial charge < -0.3 is 15.0 Å². The number of hydrogen-bond donors (Lipinski definition) is 1. The first-order valence-electron chi connectivity index (χ1n) is 6.12. The van der Waals surface area contributed by atoms with Crippen molar-refractivity contribution in [2.24, 2.45) is 0 Å². The van der Waals surface area contributed by atoms with Gasteiger partial charge >= 0.3 is 0 Å². The van der Waals surface area contributed by atoms with Crippen LogP contribution in [0.1, 0.15) is 33.1 Å². The fraction of sp³-hybridized carbons (Fsp3) is 1.00. The van der Waals surface area contributed by atoms with Gasteiger partial charge in [-0.25, -0.2) is 0 Å². The summed E-state index contributed by atoms with van der Waals surface area (Å²) in [4.78, 5) is 2.14. The molecule has 0 aromatic rings. The first-order valence-corrected chi connectivity index (χ1v) is 6.12. The molecule has 0 aromatic carbocycles. The molecule has 3 heteroatoms. The third kappa shape index (κ3) is 11.8. The van der Waals surface area contributed by atoms with E-state index in [2.05, 4.69) is 38.2 Å². The van der Waals surface area contributed by atoms with Crippen LogP contribution >= 0.6 is 0 Å². The largest absolute Gasteiger partial charge is 0.379 e. The highest BCUT2D eigenvalue weighted by Crippen LogP contribution is 1.98. The van der Waals surface area contributed by atoms with E-state index in [1.54, 1.807) is 0 Å². The van der Waals surface area contributed by atoms with Crippen molar-refractivity contribution in [1.82, 2.24) is 10.2 Å². The quantitative estimate of drug-likeness (QED) is 0.563. The first kappa shape index (κ1) is 14.9. The van der Waals surface area contributed by atoms with Crippen LogP contribution < -0.4 is 5.32 Å². The topological polar surface area (TPSA) is 24.5 Å². The number of rotatable bonds is 10. The van der Waals surface area contributed by atoms with Crippen molar-refractivity contribution in [3.8, 4) is 0 Å². The molecule has 0 saturated carbocycles. The molecule has 0 spiro atoms. The van der Waals surface area contributed by atoms with Gasteiger partial charge in [0, 0.05) is 19.1 Å². The molecule has 0 aliphatic heterocycles. The van der Waals surface area contributed by atoms with Crippen LogP contribution in [-0.2, 0) is 4.74 Å². The molecule has 1 unspecified atom stereocenters. The summed E-state index contributed by atoms with van der Waals surface area (Å²) in [6.45, 7) is 8.11. The summed E-state index contributed by atoms with van der Waals surface area (Å²) >= 11 is 0. The minimum absolute atomic E-state index is 0.627. The molecule has 0 saturated heterocycles. The molecule has 0 heterocycles. The molecule has 1 N–H and O–H groups in total. The van der Waals surface area contributed by atoms with Gasteiger partial charge in [0.25, 0.3) is 0 Å². The fourth-order valence-electron chi connectivity index (χ4n) is 1.34. The summed E-state index contributed by atoms with van der Waals surface area (Å²) in [5.74, 6) is 0. The van der Waals surface area contributed by atoms with E-state index in [0.717, 1.165) is 26.3 Å². The number of likely N-dealkylation sites (N-methyl/N-ethyl adjacent to an activating group) is 1. The lowest BCUT2D eigenvalue weighted by Crippen LogP contribution is -2.30. The zero-order chi connectivity index (χ0) is 11.5. The lowest BCUT2D eigenvalue weighted by atomic mass is 10.1. The Labute approximate surface area is 95.2 Å². The smallest absolute Gasteiger partial charge is 0.0593 e. The van der Waals surface area contributed by atoms with Crippen LogP contribution in [0.3, 0.4) is 0 Å². The standard InChI is InChI=1S/C12H28N2O/c1-5-6-7-12(2)13-8-10-15-11-9-14(3)4/h12-13H,5-11H2,1-4H3. The molecule has 0 bridgehead atoms. The molecule has 0 aliphatic rings. The summed E-state index contributed by atoms with van der Waals surface area (Å²) in [6.07, 6.45) is 3.87. The fourth-order valence-corrected chi connectivity index (χ4v) is 1.34. The number of ether oxygens (including phenoxy) is 1. The number of unbranched alkanes of at least 4 members (excludes halogenated alkanes) is 1. The van der Waals surface area contributed by atoms with Crippen LogP contribution in [0.2, 0.25) is 0 Å². The van der Waals surface area contributed by atoms with E-state index >= 15 is 0 Å². The number of hydrogen-bond acceptors (Lipinski definition) is 3.